The van der Waals surface area contributed by atoms with Gasteiger partial charge in [0.25, 0.3) is 0 Å². The molecule has 0 atom stereocenters. The standard InChI is InChI=1S/C15H11F3O2/c1-9-5-6-10(16)14(7-9)20-8-13(19)15-11(17)3-2-4-12(15)18/h2-7H,8H2,1H3. The molecule has 5 heteroatoms. The number of hydrogen-bond donors (Lipinski definition) is 0. The van der Waals surface area contributed by atoms with Crippen LogP contribution in [0, 0.1) is 24.4 Å². The first kappa shape index (κ1) is 14.1. The number of benzene rings is 2. The highest BCUT2D eigenvalue weighted by molar-refractivity contribution is 5.97. The summed E-state index contributed by atoms with van der Waals surface area (Å²) in [5, 5.41) is 0. The Hall–Kier alpha value is -2.30. The van der Waals surface area contributed by atoms with Gasteiger partial charge in [0.2, 0.25) is 5.78 Å². The van der Waals surface area contributed by atoms with Crippen LogP contribution in [0.1, 0.15) is 15.9 Å². The van der Waals surface area contributed by atoms with E-state index in [0.717, 1.165) is 23.8 Å². The van der Waals surface area contributed by atoms with Crippen LogP contribution in [0.3, 0.4) is 0 Å². The molecule has 0 heterocycles. The zero-order chi connectivity index (χ0) is 14.7. The van der Waals surface area contributed by atoms with Crippen LogP contribution < -0.4 is 4.74 Å². The second kappa shape index (κ2) is 5.77. The fraction of sp³-hybridized carbons (Fsp3) is 0.133. The van der Waals surface area contributed by atoms with Gasteiger partial charge in [-0.25, -0.2) is 13.2 Å². The highest BCUT2D eigenvalue weighted by Crippen LogP contribution is 2.19. The summed E-state index contributed by atoms with van der Waals surface area (Å²) < 4.78 is 45.1. The molecule has 0 fully saturated rings. The largest absolute Gasteiger partial charge is 0.482 e. The molecule has 2 aromatic rings. The number of Topliss-reactive ketones (excluding diaryl/α,β-unsaturated/α-hetero) is 1. The number of hydrogen-bond acceptors (Lipinski definition) is 2. The summed E-state index contributed by atoms with van der Waals surface area (Å²) in [5.41, 5.74) is 0.0616. The van der Waals surface area contributed by atoms with Crippen molar-refractivity contribution in [3.63, 3.8) is 0 Å². The maximum Gasteiger partial charge on any atom is 0.206 e. The lowest BCUT2D eigenvalue weighted by Crippen LogP contribution is -2.15. The molecular weight excluding hydrogens is 269 g/mol. The molecule has 0 aliphatic heterocycles. The zero-order valence-electron chi connectivity index (χ0n) is 10.6. The average molecular weight is 280 g/mol. The molecule has 0 aliphatic carbocycles. The summed E-state index contributed by atoms with van der Waals surface area (Å²) in [5.74, 6) is -3.60. The molecule has 0 N–H and O–H groups in total. The molecule has 0 aromatic heterocycles. The monoisotopic (exact) mass is 280 g/mol. The zero-order valence-corrected chi connectivity index (χ0v) is 10.6. The molecule has 2 rings (SSSR count). The van der Waals surface area contributed by atoms with Crippen molar-refractivity contribution in [2.75, 3.05) is 6.61 Å². The molecule has 20 heavy (non-hydrogen) atoms. The highest BCUT2D eigenvalue weighted by Gasteiger charge is 2.18. The SMILES string of the molecule is Cc1ccc(F)c(OCC(=O)c2c(F)cccc2F)c1. The summed E-state index contributed by atoms with van der Waals surface area (Å²) in [6.45, 7) is 1.09. The summed E-state index contributed by atoms with van der Waals surface area (Å²) in [7, 11) is 0. The van der Waals surface area contributed by atoms with E-state index in [0.29, 0.717) is 0 Å². The van der Waals surface area contributed by atoms with Gasteiger partial charge < -0.3 is 4.74 Å². The molecule has 0 amide bonds. The normalized spacial score (nSPS) is 10.4. The molecule has 0 spiro atoms. The Labute approximate surface area is 113 Å². The van der Waals surface area contributed by atoms with Crippen molar-refractivity contribution in [3.8, 4) is 5.75 Å². The Bertz CT molecular complexity index is 633. The fourth-order valence-corrected chi connectivity index (χ4v) is 1.70. The number of rotatable bonds is 4. The van der Waals surface area contributed by atoms with Crippen LogP contribution in [-0.4, -0.2) is 12.4 Å². The first-order valence-corrected chi connectivity index (χ1v) is 5.85. The lowest BCUT2D eigenvalue weighted by molar-refractivity contribution is 0.0910. The van der Waals surface area contributed by atoms with Crippen LogP contribution >= 0.6 is 0 Å². The Kier molecular flexibility index (Phi) is 4.08. The summed E-state index contributed by atoms with van der Waals surface area (Å²) in [6.07, 6.45) is 0. The average Bonchev–Trinajstić information content (AvgIpc) is 2.39. The van der Waals surface area contributed by atoms with E-state index in [1.165, 1.54) is 12.1 Å². The number of ketones is 1. The van der Waals surface area contributed by atoms with E-state index in [9.17, 15) is 18.0 Å². The van der Waals surface area contributed by atoms with Gasteiger partial charge >= 0.3 is 0 Å². The predicted octanol–water partition coefficient (Wildman–Crippen LogP) is 3.67. The van der Waals surface area contributed by atoms with Crippen LogP contribution in [0.25, 0.3) is 0 Å². The second-order valence-corrected chi connectivity index (χ2v) is 4.24. The quantitative estimate of drug-likeness (QED) is 0.799. The smallest absolute Gasteiger partial charge is 0.206 e. The van der Waals surface area contributed by atoms with Gasteiger partial charge in [-0.15, -0.1) is 0 Å². The van der Waals surface area contributed by atoms with Crippen molar-refractivity contribution in [3.05, 3.63) is 65.0 Å². The van der Waals surface area contributed by atoms with Crippen LogP contribution in [0.5, 0.6) is 5.75 Å². The number of ether oxygens (including phenoxy) is 1. The van der Waals surface area contributed by atoms with Crippen LogP contribution in [0.2, 0.25) is 0 Å². The summed E-state index contributed by atoms with van der Waals surface area (Å²) in [4.78, 5) is 11.7. The minimum absolute atomic E-state index is 0.130. The number of carbonyl (C=O) groups is 1. The van der Waals surface area contributed by atoms with Gasteiger partial charge in [0, 0.05) is 0 Å². The molecule has 0 unspecified atom stereocenters. The number of halogens is 3. The molecule has 2 nitrogen and oxygen atoms in total. The Morgan fingerprint density at radius 3 is 2.35 bits per heavy atom. The third-order valence-electron chi connectivity index (χ3n) is 2.69. The molecule has 0 saturated carbocycles. The molecule has 2 aromatic carbocycles. The van der Waals surface area contributed by atoms with Gasteiger partial charge in [-0.2, -0.15) is 0 Å². The molecular formula is C15H11F3O2. The second-order valence-electron chi connectivity index (χ2n) is 4.24. The minimum atomic E-state index is -0.969. The lowest BCUT2D eigenvalue weighted by Gasteiger charge is -2.08. The minimum Gasteiger partial charge on any atom is -0.482 e. The lowest BCUT2D eigenvalue weighted by atomic mass is 10.1. The maximum absolute atomic E-state index is 13.4. The molecule has 0 radical (unpaired) electrons. The number of carbonyl (C=O) groups excluding carboxylic acids is 1. The first-order chi connectivity index (χ1) is 9.49. The Morgan fingerprint density at radius 1 is 1.05 bits per heavy atom. The Morgan fingerprint density at radius 2 is 1.70 bits per heavy atom. The van der Waals surface area contributed by atoms with Gasteiger partial charge in [0.15, 0.2) is 18.2 Å². The summed E-state index contributed by atoms with van der Waals surface area (Å²) >= 11 is 0. The van der Waals surface area contributed by atoms with Gasteiger partial charge in [-0.05, 0) is 36.8 Å². The fourth-order valence-electron chi connectivity index (χ4n) is 1.70. The topological polar surface area (TPSA) is 26.3 Å². The molecule has 0 bridgehead atoms. The van der Waals surface area contributed by atoms with Gasteiger partial charge in [0.05, 0.1) is 5.56 Å². The highest BCUT2D eigenvalue weighted by atomic mass is 19.1. The van der Waals surface area contributed by atoms with Crippen molar-refractivity contribution in [1.82, 2.24) is 0 Å². The van der Waals surface area contributed by atoms with Crippen molar-refractivity contribution >= 4 is 5.78 Å². The van der Waals surface area contributed by atoms with E-state index in [2.05, 4.69) is 0 Å². The van der Waals surface area contributed by atoms with E-state index >= 15 is 0 Å². The van der Waals surface area contributed by atoms with Crippen molar-refractivity contribution in [1.29, 1.82) is 0 Å². The van der Waals surface area contributed by atoms with Crippen LogP contribution in [0.4, 0.5) is 13.2 Å². The summed E-state index contributed by atoms with van der Waals surface area (Å²) in [6, 6.07) is 7.25. The third-order valence-corrected chi connectivity index (χ3v) is 2.69. The number of aryl methyl sites for hydroxylation is 1. The Balaban J connectivity index is 2.15. The molecule has 104 valence electrons. The molecule has 0 aliphatic rings. The first-order valence-electron chi connectivity index (χ1n) is 5.85. The van der Waals surface area contributed by atoms with Gasteiger partial charge in [-0.1, -0.05) is 12.1 Å². The molecule has 0 saturated heterocycles. The van der Waals surface area contributed by atoms with Crippen molar-refractivity contribution in [2.24, 2.45) is 0 Å². The van der Waals surface area contributed by atoms with E-state index in [1.54, 1.807) is 13.0 Å². The predicted molar refractivity (Wildman–Crippen MR) is 67.3 cm³/mol. The van der Waals surface area contributed by atoms with E-state index in [1.807, 2.05) is 0 Å². The van der Waals surface area contributed by atoms with E-state index in [4.69, 9.17) is 4.74 Å². The van der Waals surface area contributed by atoms with E-state index in [-0.39, 0.29) is 5.75 Å². The van der Waals surface area contributed by atoms with Crippen molar-refractivity contribution < 1.29 is 22.7 Å². The maximum atomic E-state index is 13.4. The van der Waals surface area contributed by atoms with Gasteiger partial charge in [-0.3, -0.25) is 4.79 Å². The third kappa shape index (κ3) is 2.99. The van der Waals surface area contributed by atoms with Crippen molar-refractivity contribution in [2.45, 2.75) is 6.92 Å². The van der Waals surface area contributed by atoms with E-state index < -0.39 is 35.4 Å². The van der Waals surface area contributed by atoms with Gasteiger partial charge in [0.1, 0.15) is 11.6 Å². The van der Waals surface area contributed by atoms with Crippen LogP contribution in [-0.2, 0) is 0 Å². The van der Waals surface area contributed by atoms with Crippen LogP contribution in [0.15, 0.2) is 36.4 Å².